The number of aromatic nitrogens is 3. The lowest BCUT2D eigenvalue weighted by molar-refractivity contribution is -0.116. The first kappa shape index (κ1) is 10.0. The van der Waals surface area contributed by atoms with Crippen molar-refractivity contribution in [2.45, 2.75) is 12.3 Å². The summed E-state index contributed by atoms with van der Waals surface area (Å²) in [5.74, 6) is 0.867. The molecule has 0 unspecified atom stereocenters. The predicted molar refractivity (Wildman–Crippen MR) is 62.5 cm³/mol. The van der Waals surface area contributed by atoms with Gasteiger partial charge in [0.15, 0.2) is 0 Å². The summed E-state index contributed by atoms with van der Waals surface area (Å²) in [4.78, 5) is 15.8. The molecule has 1 amide bonds. The normalized spacial score (nSPS) is 18.6. The Hall–Kier alpha value is -2.17. The third kappa shape index (κ3) is 1.60. The zero-order chi connectivity index (χ0) is 11.8. The molecule has 0 saturated heterocycles. The zero-order valence-corrected chi connectivity index (χ0v) is 9.42. The van der Waals surface area contributed by atoms with E-state index in [0.717, 1.165) is 16.9 Å². The average molecular weight is 228 g/mol. The lowest BCUT2D eigenvalue weighted by Crippen LogP contribution is -2.24. The van der Waals surface area contributed by atoms with Gasteiger partial charge in [0.05, 0.1) is 6.20 Å². The van der Waals surface area contributed by atoms with Crippen LogP contribution in [0.25, 0.3) is 0 Å². The number of pyridine rings is 1. The second-order valence-corrected chi connectivity index (χ2v) is 4.16. The van der Waals surface area contributed by atoms with Crippen LogP contribution >= 0.6 is 0 Å². The minimum Gasteiger partial charge on any atom is -0.311 e. The van der Waals surface area contributed by atoms with Crippen molar-refractivity contribution >= 4 is 11.7 Å². The summed E-state index contributed by atoms with van der Waals surface area (Å²) in [7, 11) is 1.82. The second-order valence-electron chi connectivity index (χ2n) is 4.16. The predicted octanol–water partition coefficient (Wildman–Crippen LogP) is 1.29. The quantitative estimate of drug-likeness (QED) is 0.800. The van der Waals surface area contributed by atoms with E-state index < -0.39 is 0 Å². The van der Waals surface area contributed by atoms with Crippen LogP contribution in [0.2, 0.25) is 0 Å². The maximum absolute atomic E-state index is 11.7. The Morgan fingerprint density at radius 2 is 2.35 bits per heavy atom. The lowest BCUT2D eigenvalue weighted by Gasteiger charge is -2.22. The Labute approximate surface area is 98.5 Å². The Morgan fingerprint density at radius 3 is 3.12 bits per heavy atom. The van der Waals surface area contributed by atoms with Crippen molar-refractivity contribution in [3.63, 3.8) is 0 Å². The van der Waals surface area contributed by atoms with Crippen LogP contribution in [-0.4, -0.2) is 20.7 Å². The Kier molecular flexibility index (Phi) is 2.18. The first-order valence-corrected chi connectivity index (χ1v) is 5.47. The molecule has 0 fully saturated rings. The van der Waals surface area contributed by atoms with Gasteiger partial charge in [-0.25, -0.2) is 0 Å². The van der Waals surface area contributed by atoms with Crippen LogP contribution in [0.5, 0.6) is 0 Å². The van der Waals surface area contributed by atoms with Crippen molar-refractivity contribution in [1.29, 1.82) is 0 Å². The van der Waals surface area contributed by atoms with Gasteiger partial charge in [0, 0.05) is 37.3 Å². The maximum Gasteiger partial charge on any atom is 0.226 e. The van der Waals surface area contributed by atoms with Gasteiger partial charge in [-0.1, -0.05) is 6.07 Å². The minimum atomic E-state index is 0.0231. The number of amides is 1. The van der Waals surface area contributed by atoms with Gasteiger partial charge in [-0.15, -0.1) is 0 Å². The first-order chi connectivity index (χ1) is 8.25. The van der Waals surface area contributed by atoms with Gasteiger partial charge in [-0.05, 0) is 11.6 Å². The SMILES string of the molecule is Cn1ncc2c1NC(=O)C[C@@H]2c1cccnc1. The highest BCUT2D eigenvalue weighted by atomic mass is 16.1. The summed E-state index contributed by atoms with van der Waals surface area (Å²) < 4.78 is 1.69. The molecule has 17 heavy (non-hydrogen) atoms. The molecule has 5 nitrogen and oxygen atoms in total. The molecule has 1 N–H and O–H groups in total. The smallest absolute Gasteiger partial charge is 0.226 e. The van der Waals surface area contributed by atoms with Crippen molar-refractivity contribution in [1.82, 2.24) is 14.8 Å². The maximum atomic E-state index is 11.7. The number of carbonyl (C=O) groups is 1. The molecule has 2 aromatic heterocycles. The minimum absolute atomic E-state index is 0.0231. The molecule has 3 rings (SSSR count). The highest BCUT2D eigenvalue weighted by Gasteiger charge is 2.29. The molecule has 1 aliphatic heterocycles. The van der Waals surface area contributed by atoms with Gasteiger partial charge < -0.3 is 5.32 Å². The summed E-state index contributed by atoms with van der Waals surface area (Å²) in [6.07, 6.45) is 5.80. The Balaban J connectivity index is 2.10. The van der Waals surface area contributed by atoms with Gasteiger partial charge >= 0.3 is 0 Å². The van der Waals surface area contributed by atoms with Crippen molar-refractivity contribution < 1.29 is 4.79 Å². The van der Waals surface area contributed by atoms with Gasteiger partial charge in [0.1, 0.15) is 5.82 Å². The van der Waals surface area contributed by atoms with Crippen LogP contribution in [0.3, 0.4) is 0 Å². The van der Waals surface area contributed by atoms with Crippen LogP contribution in [0.4, 0.5) is 5.82 Å². The molecular formula is C12H12N4O. The molecule has 2 aromatic rings. The molecule has 0 spiro atoms. The fourth-order valence-electron chi connectivity index (χ4n) is 2.22. The number of nitrogens with one attached hydrogen (secondary N) is 1. The fourth-order valence-corrected chi connectivity index (χ4v) is 2.22. The molecule has 1 aliphatic rings. The average Bonchev–Trinajstić information content (AvgIpc) is 2.72. The van der Waals surface area contributed by atoms with Crippen LogP contribution in [0.1, 0.15) is 23.5 Å². The van der Waals surface area contributed by atoms with Crippen molar-refractivity contribution in [2.24, 2.45) is 7.05 Å². The highest BCUT2D eigenvalue weighted by Crippen LogP contribution is 2.35. The third-order valence-electron chi connectivity index (χ3n) is 3.08. The number of hydrogen-bond donors (Lipinski definition) is 1. The van der Waals surface area contributed by atoms with E-state index in [0.29, 0.717) is 6.42 Å². The van der Waals surface area contributed by atoms with Crippen LogP contribution < -0.4 is 5.32 Å². The van der Waals surface area contributed by atoms with Crippen molar-refractivity contribution in [3.05, 3.63) is 41.9 Å². The van der Waals surface area contributed by atoms with E-state index >= 15 is 0 Å². The largest absolute Gasteiger partial charge is 0.311 e. The number of anilines is 1. The summed E-state index contributed by atoms with van der Waals surface area (Å²) in [6, 6.07) is 3.88. The van der Waals surface area contributed by atoms with E-state index in [9.17, 15) is 4.79 Å². The highest BCUT2D eigenvalue weighted by molar-refractivity contribution is 5.94. The fraction of sp³-hybridized carbons (Fsp3) is 0.250. The standard InChI is InChI=1S/C12H12N4O/c1-16-12-10(7-14-16)9(5-11(17)15-12)8-3-2-4-13-6-8/h2-4,6-7,9H,5H2,1H3,(H,15,17)/t9-/m1/s1. The number of nitrogens with zero attached hydrogens (tertiary/aromatic N) is 3. The van der Waals surface area contributed by atoms with E-state index in [1.165, 1.54) is 0 Å². The molecular weight excluding hydrogens is 216 g/mol. The van der Waals surface area contributed by atoms with Gasteiger partial charge in [-0.3, -0.25) is 14.5 Å². The van der Waals surface area contributed by atoms with Crippen molar-refractivity contribution in [3.8, 4) is 0 Å². The molecule has 86 valence electrons. The number of rotatable bonds is 1. The van der Waals surface area contributed by atoms with E-state index in [-0.39, 0.29) is 11.8 Å². The third-order valence-corrected chi connectivity index (χ3v) is 3.08. The molecule has 3 heterocycles. The second kappa shape index (κ2) is 3.69. The van der Waals surface area contributed by atoms with Crippen LogP contribution in [0.15, 0.2) is 30.7 Å². The Bertz CT molecular complexity index is 561. The molecule has 0 radical (unpaired) electrons. The van der Waals surface area contributed by atoms with Crippen LogP contribution in [-0.2, 0) is 11.8 Å². The number of carbonyl (C=O) groups excluding carboxylic acids is 1. The topological polar surface area (TPSA) is 59.8 Å². The molecule has 0 aromatic carbocycles. The van der Waals surface area contributed by atoms with E-state index in [4.69, 9.17) is 0 Å². The molecule has 5 heteroatoms. The number of aryl methyl sites for hydroxylation is 1. The summed E-state index contributed by atoms with van der Waals surface area (Å²) >= 11 is 0. The van der Waals surface area contributed by atoms with E-state index in [1.54, 1.807) is 17.1 Å². The Morgan fingerprint density at radius 1 is 1.47 bits per heavy atom. The molecule has 0 saturated carbocycles. The summed E-state index contributed by atoms with van der Waals surface area (Å²) in [5.41, 5.74) is 2.11. The lowest BCUT2D eigenvalue weighted by atomic mass is 9.88. The van der Waals surface area contributed by atoms with Gasteiger partial charge in [0.25, 0.3) is 0 Å². The first-order valence-electron chi connectivity index (χ1n) is 5.47. The van der Waals surface area contributed by atoms with Gasteiger partial charge in [-0.2, -0.15) is 5.10 Å². The summed E-state index contributed by atoms with van der Waals surface area (Å²) in [6.45, 7) is 0. The van der Waals surface area contributed by atoms with Crippen molar-refractivity contribution in [2.75, 3.05) is 5.32 Å². The van der Waals surface area contributed by atoms with Gasteiger partial charge in [0.2, 0.25) is 5.91 Å². The summed E-state index contributed by atoms with van der Waals surface area (Å²) in [5, 5.41) is 7.04. The monoisotopic (exact) mass is 228 g/mol. The van der Waals surface area contributed by atoms with E-state index in [1.807, 2.05) is 25.4 Å². The zero-order valence-electron chi connectivity index (χ0n) is 9.42. The number of fused-ring (bicyclic) bond motifs is 1. The van der Waals surface area contributed by atoms with Crippen LogP contribution in [0, 0.1) is 0 Å². The number of hydrogen-bond acceptors (Lipinski definition) is 3. The molecule has 1 atom stereocenters. The molecule has 0 bridgehead atoms. The molecule has 0 aliphatic carbocycles. The van der Waals surface area contributed by atoms with E-state index in [2.05, 4.69) is 15.4 Å².